The number of thiophene rings is 1. The summed E-state index contributed by atoms with van der Waals surface area (Å²) in [6.45, 7) is 4.70. The van der Waals surface area contributed by atoms with Crippen molar-refractivity contribution in [3.05, 3.63) is 57.7 Å². The Morgan fingerprint density at radius 2 is 2.15 bits per heavy atom. The van der Waals surface area contributed by atoms with Gasteiger partial charge < -0.3 is 10.3 Å². The number of carbonyl (C=O) groups is 1. The van der Waals surface area contributed by atoms with E-state index in [1.165, 1.54) is 29.9 Å². The van der Waals surface area contributed by atoms with Crippen LogP contribution in [0.4, 0.5) is 4.39 Å². The molecule has 1 aliphatic heterocycles. The molecule has 3 heterocycles. The first-order valence-corrected chi connectivity index (χ1v) is 10.3. The number of likely N-dealkylation sites (tertiary alicyclic amines) is 1. The zero-order chi connectivity index (χ0) is 18.8. The summed E-state index contributed by atoms with van der Waals surface area (Å²) in [5.74, 6) is -0.307. The number of aryl methyl sites for hydroxylation is 1. The summed E-state index contributed by atoms with van der Waals surface area (Å²) >= 11 is 1.74. The van der Waals surface area contributed by atoms with E-state index in [0.717, 1.165) is 35.2 Å². The number of aromatic nitrogens is 1. The standard InChI is InChI=1S/C21H24FN3OS/c1-14-16(17-11-15(22)6-7-18(17)24-14)12-21(26)23-13-19(20-5-4-10-27-20)25-8-2-3-9-25/h4-7,10-11,19,24H,2-3,8-9,12-13H2,1H3,(H,23,26). The molecule has 0 radical (unpaired) electrons. The molecule has 1 saturated heterocycles. The second-order valence-corrected chi connectivity index (χ2v) is 8.15. The van der Waals surface area contributed by atoms with Crippen LogP contribution in [0.25, 0.3) is 10.9 Å². The Balaban J connectivity index is 1.46. The molecule has 1 amide bonds. The monoisotopic (exact) mass is 385 g/mol. The molecule has 27 heavy (non-hydrogen) atoms. The molecule has 0 spiro atoms. The highest BCUT2D eigenvalue weighted by Gasteiger charge is 2.25. The highest BCUT2D eigenvalue weighted by atomic mass is 32.1. The van der Waals surface area contributed by atoms with Crippen molar-refractivity contribution in [3.63, 3.8) is 0 Å². The summed E-state index contributed by atoms with van der Waals surface area (Å²) in [4.78, 5) is 19.6. The van der Waals surface area contributed by atoms with Crippen molar-refractivity contribution >= 4 is 28.1 Å². The number of nitrogens with zero attached hydrogens (tertiary/aromatic N) is 1. The van der Waals surface area contributed by atoms with Crippen LogP contribution in [0.1, 0.15) is 35.0 Å². The van der Waals surface area contributed by atoms with Gasteiger partial charge in [0.15, 0.2) is 0 Å². The van der Waals surface area contributed by atoms with Gasteiger partial charge >= 0.3 is 0 Å². The molecular weight excluding hydrogens is 361 g/mol. The number of H-pyrrole nitrogens is 1. The third-order valence-electron chi connectivity index (χ3n) is 5.36. The Labute approximate surface area is 162 Å². The van der Waals surface area contributed by atoms with Crippen molar-refractivity contribution in [2.45, 2.75) is 32.2 Å². The van der Waals surface area contributed by atoms with Crippen LogP contribution >= 0.6 is 11.3 Å². The molecule has 1 unspecified atom stereocenters. The van der Waals surface area contributed by atoms with Crippen LogP contribution in [0, 0.1) is 12.7 Å². The van der Waals surface area contributed by atoms with E-state index in [1.807, 2.05) is 6.92 Å². The molecule has 1 aromatic carbocycles. The average molecular weight is 386 g/mol. The minimum Gasteiger partial charge on any atom is -0.358 e. The van der Waals surface area contributed by atoms with Crippen LogP contribution < -0.4 is 5.32 Å². The Bertz CT molecular complexity index is 928. The minimum absolute atomic E-state index is 0.0241. The van der Waals surface area contributed by atoms with Gasteiger partial charge in [-0.1, -0.05) is 6.07 Å². The molecule has 1 aliphatic rings. The van der Waals surface area contributed by atoms with Crippen molar-refractivity contribution in [2.75, 3.05) is 19.6 Å². The summed E-state index contributed by atoms with van der Waals surface area (Å²) in [6.07, 6.45) is 2.69. The first-order chi connectivity index (χ1) is 13.1. The Kier molecular flexibility index (Phi) is 5.27. The van der Waals surface area contributed by atoms with E-state index in [2.05, 4.69) is 32.7 Å². The minimum atomic E-state index is -0.282. The van der Waals surface area contributed by atoms with E-state index in [4.69, 9.17) is 0 Å². The molecule has 2 aromatic heterocycles. The Hall–Kier alpha value is -2.18. The molecule has 1 fully saturated rings. The van der Waals surface area contributed by atoms with Gasteiger partial charge in [-0.25, -0.2) is 4.39 Å². The molecule has 4 rings (SSSR count). The molecule has 0 aliphatic carbocycles. The molecule has 4 nitrogen and oxygen atoms in total. The highest BCUT2D eigenvalue weighted by Crippen LogP contribution is 2.28. The Morgan fingerprint density at radius 1 is 1.33 bits per heavy atom. The van der Waals surface area contributed by atoms with Gasteiger partial charge in [0, 0.05) is 28.0 Å². The summed E-state index contributed by atoms with van der Waals surface area (Å²) in [6, 6.07) is 9.10. The number of hydrogen-bond acceptors (Lipinski definition) is 3. The zero-order valence-corrected chi connectivity index (χ0v) is 16.2. The van der Waals surface area contributed by atoms with Crippen molar-refractivity contribution in [2.24, 2.45) is 0 Å². The van der Waals surface area contributed by atoms with Crippen molar-refractivity contribution in [3.8, 4) is 0 Å². The third-order valence-corrected chi connectivity index (χ3v) is 6.34. The van der Waals surface area contributed by atoms with Gasteiger partial charge in [-0.05, 0) is 68.1 Å². The number of rotatable bonds is 6. The zero-order valence-electron chi connectivity index (χ0n) is 15.4. The fraction of sp³-hybridized carbons (Fsp3) is 0.381. The van der Waals surface area contributed by atoms with E-state index < -0.39 is 0 Å². The predicted octanol–water partition coefficient (Wildman–Crippen LogP) is 4.17. The van der Waals surface area contributed by atoms with Crippen LogP contribution in [0.2, 0.25) is 0 Å². The summed E-state index contributed by atoms with van der Waals surface area (Å²) < 4.78 is 13.6. The molecule has 1 atom stereocenters. The van der Waals surface area contributed by atoms with Gasteiger partial charge in [0.1, 0.15) is 5.82 Å². The average Bonchev–Trinajstić information content (AvgIpc) is 3.39. The van der Waals surface area contributed by atoms with E-state index in [9.17, 15) is 9.18 Å². The molecule has 0 saturated carbocycles. The number of carbonyl (C=O) groups excluding carboxylic acids is 1. The molecule has 2 N–H and O–H groups in total. The smallest absolute Gasteiger partial charge is 0.224 e. The van der Waals surface area contributed by atoms with Crippen LogP contribution in [0.3, 0.4) is 0 Å². The number of hydrogen-bond donors (Lipinski definition) is 2. The lowest BCUT2D eigenvalue weighted by molar-refractivity contribution is -0.120. The fourth-order valence-electron chi connectivity index (χ4n) is 3.96. The van der Waals surface area contributed by atoms with E-state index in [0.29, 0.717) is 6.54 Å². The highest BCUT2D eigenvalue weighted by molar-refractivity contribution is 7.10. The number of benzene rings is 1. The third kappa shape index (κ3) is 3.92. The van der Waals surface area contributed by atoms with E-state index >= 15 is 0 Å². The second-order valence-electron chi connectivity index (χ2n) is 7.17. The van der Waals surface area contributed by atoms with Crippen LogP contribution in [-0.4, -0.2) is 35.4 Å². The fourth-order valence-corrected chi connectivity index (χ4v) is 4.82. The first kappa shape index (κ1) is 18.2. The van der Waals surface area contributed by atoms with Crippen molar-refractivity contribution in [1.29, 1.82) is 0 Å². The van der Waals surface area contributed by atoms with Gasteiger partial charge in [0.2, 0.25) is 5.91 Å². The largest absolute Gasteiger partial charge is 0.358 e. The van der Waals surface area contributed by atoms with Crippen LogP contribution in [0.15, 0.2) is 35.7 Å². The van der Waals surface area contributed by atoms with Crippen molar-refractivity contribution in [1.82, 2.24) is 15.2 Å². The van der Waals surface area contributed by atoms with E-state index in [-0.39, 0.29) is 24.2 Å². The number of fused-ring (bicyclic) bond motifs is 1. The molecule has 142 valence electrons. The number of aromatic amines is 1. The number of amides is 1. The van der Waals surface area contributed by atoms with Gasteiger partial charge in [0.25, 0.3) is 0 Å². The van der Waals surface area contributed by atoms with Gasteiger partial charge in [0.05, 0.1) is 12.5 Å². The van der Waals surface area contributed by atoms with Crippen LogP contribution in [0.5, 0.6) is 0 Å². The normalized spacial score (nSPS) is 16.1. The molecule has 6 heteroatoms. The summed E-state index contributed by atoms with van der Waals surface area (Å²) in [5, 5.41) is 5.99. The molecular formula is C21H24FN3OS. The summed E-state index contributed by atoms with van der Waals surface area (Å²) in [5.41, 5.74) is 2.65. The molecule has 3 aromatic rings. The molecule has 0 bridgehead atoms. The lowest BCUT2D eigenvalue weighted by Gasteiger charge is -2.27. The topological polar surface area (TPSA) is 48.1 Å². The summed E-state index contributed by atoms with van der Waals surface area (Å²) in [7, 11) is 0. The first-order valence-electron chi connectivity index (χ1n) is 9.42. The van der Waals surface area contributed by atoms with Gasteiger partial charge in [-0.3, -0.25) is 9.69 Å². The number of halogens is 1. The number of nitrogens with one attached hydrogen (secondary N) is 2. The predicted molar refractivity (Wildman–Crippen MR) is 108 cm³/mol. The quantitative estimate of drug-likeness (QED) is 0.669. The lowest BCUT2D eigenvalue weighted by atomic mass is 10.1. The lowest BCUT2D eigenvalue weighted by Crippen LogP contribution is -2.37. The van der Waals surface area contributed by atoms with Crippen molar-refractivity contribution < 1.29 is 9.18 Å². The van der Waals surface area contributed by atoms with E-state index in [1.54, 1.807) is 17.4 Å². The maximum Gasteiger partial charge on any atom is 0.224 e. The maximum absolute atomic E-state index is 13.6. The Morgan fingerprint density at radius 3 is 2.89 bits per heavy atom. The van der Waals surface area contributed by atoms with Gasteiger partial charge in [-0.2, -0.15) is 0 Å². The van der Waals surface area contributed by atoms with Crippen LogP contribution in [-0.2, 0) is 11.2 Å². The maximum atomic E-state index is 13.6. The second kappa shape index (κ2) is 7.82. The van der Waals surface area contributed by atoms with Gasteiger partial charge in [-0.15, -0.1) is 11.3 Å². The SMILES string of the molecule is Cc1[nH]c2ccc(F)cc2c1CC(=O)NCC(c1cccs1)N1CCCC1.